The first-order chi connectivity index (χ1) is 15.2. The standard InChI is InChI=1S/C23H16N6O2/c30-21(23(31)24-17-11-9-16(10-12-17)22-25-27-28-26-22)20-19(15-6-2-1-3-7-15)14-18-8-4-5-13-29(18)20/h1-14H,(H,24,31)(H,25,26,27,28). The topological polar surface area (TPSA) is 105 Å². The number of Topliss-reactive ketones (excluding diaryl/α,β-unsaturated/α-hetero) is 1. The number of fused-ring (bicyclic) bond motifs is 1. The molecule has 5 rings (SSSR count). The van der Waals surface area contributed by atoms with E-state index in [-0.39, 0.29) is 0 Å². The number of carbonyl (C=O) groups is 2. The molecule has 1 amide bonds. The number of ketones is 1. The number of aromatic amines is 1. The lowest BCUT2D eigenvalue weighted by atomic mass is 10.0. The third-order valence-corrected chi connectivity index (χ3v) is 4.93. The summed E-state index contributed by atoms with van der Waals surface area (Å²) in [5.74, 6) is -0.887. The summed E-state index contributed by atoms with van der Waals surface area (Å²) in [6.07, 6.45) is 1.78. The fourth-order valence-corrected chi connectivity index (χ4v) is 3.48. The Balaban J connectivity index is 1.46. The van der Waals surface area contributed by atoms with Crippen molar-refractivity contribution in [3.8, 4) is 22.5 Å². The van der Waals surface area contributed by atoms with Crippen LogP contribution in [0.1, 0.15) is 10.5 Å². The molecule has 0 saturated carbocycles. The van der Waals surface area contributed by atoms with Crippen LogP contribution in [-0.4, -0.2) is 36.7 Å². The number of aromatic nitrogens is 5. The molecule has 0 aliphatic heterocycles. The van der Waals surface area contributed by atoms with Gasteiger partial charge in [0, 0.05) is 28.5 Å². The maximum absolute atomic E-state index is 13.2. The van der Waals surface area contributed by atoms with Crippen molar-refractivity contribution < 1.29 is 9.59 Å². The van der Waals surface area contributed by atoms with Gasteiger partial charge in [0.05, 0.1) is 0 Å². The highest BCUT2D eigenvalue weighted by Crippen LogP contribution is 2.28. The quantitative estimate of drug-likeness (QED) is 0.341. The fraction of sp³-hybridized carbons (Fsp3) is 0. The predicted octanol–water partition coefficient (Wildman–Crippen LogP) is 3.61. The van der Waals surface area contributed by atoms with Gasteiger partial charge in [0.2, 0.25) is 5.82 Å². The largest absolute Gasteiger partial charge is 0.319 e. The first kappa shape index (κ1) is 18.4. The van der Waals surface area contributed by atoms with Crippen LogP contribution >= 0.6 is 0 Å². The van der Waals surface area contributed by atoms with E-state index in [9.17, 15) is 9.59 Å². The first-order valence-electron chi connectivity index (χ1n) is 9.56. The Kier molecular flexibility index (Phi) is 4.57. The molecule has 0 radical (unpaired) electrons. The number of amides is 1. The molecule has 2 N–H and O–H groups in total. The molecule has 8 nitrogen and oxygen atoms in total. The second kappa shape index (κ2) is 7.68. The van der Waals surface area contributed by atoms with Crippen LogP contribution in [0.2, 0.25) is 0 Å². The van der Waals surface area contributed by atoms with Crippen LogP contribution in [0.3, 0.4) is 0 Å². The predicted molar refractivity (Wildman–Crippen MR) is 115 cm³/mol. The van der Waals surface area contributed by atoms with Crippen molar-refractivity contribution in [3.05, 3.63) is 90.8 Å². The normalized spacial score (nSPS) is 10.8. The first-order valence-corrected chi connectivity index (χ1v) is 9.56. The molecule has 0 aliphatic carbocycles. The molecule has 0 atom stereocenters. The minimum Gasteiger partial charge on any atom is -0.319 e. The van der Waals surface area contributed by atoms with Gasteiger partial charge in [-0.3, -0.25) is 9.59 Å². The van der Waals surface area contributed by atoms with Gasteiger partial charge in [-0.25, -0.2) is 0 Å². The fourth-order valence-electron chi connectivity index (χ4n) is 3.48. The SMILES string of the molecule is O=C(Nc1ccc(-c2nn[nH]n2)cc1)C(=O)c1c(-c2ccccc2)cc2ccccn12. The second-order valence-electron chi connectivity index (χ2n) is 6.86. The van der Waals surface area contributed by atoms with Crippen LogP contribution < -0.4 is 5.32 Å². The van der Waals surface area contributed by atoms with E-state index in [0.717, 1.165) is 16.6 Å². The highest BCUT2D eigenvalue weighted by atomic mass is 16.2. The van der Waals surface area contributed by atoms with Crippen molar-refractivity contribution in [1.82, 2.24) is 25.0 Å². The summed E-state index contributed by atoms with van der Waals surface area (Å²) in [4.78, 5) is 26.0. The number of benzene rings is 2. The van der Waals surface area contributed by atoms with Crippen LogP contribution in [0.4, 0.5) is 5.69 Å². The molecule has 2 aromatic carbocycles. The summed E-state index contributed by atoms with van der Waals surface area (Å²) < 4.78 is 1.74. The molecule has 150 valence electrons. The Bertz CT molecular complexity index is 1370. The van der Waals surface area contributed by atoms with Crippen LogP contribution in [-0.2, 0) is 4.79 Å². The van der Waals surface area contributed by atoms with Crippen molar-refractivity contribution in [2.24, 2.45) is 0 Å². The number of pyridine rings is 1. The third-order valence-electron chi connectivity index (χ3n) is 4.93. The number of anilines is 1. The number of rotatable bonds is 5. The Labute approximate surface area is 176 Å². The monoisotopic (exact) mass is 408 g/mol. The molecule has 5 aromatic rings. The van der Waals surface area contributed by atoms with E-state index in [4.69, 9.17) is 0 Å². The smallest absolute Gasteiger partial charge is 0.298 e. The zero-order chi connectivity index (χ0) is 21.2. The van der Waals surface area contributed by atoms with Gasteiger partial charge in [-0.2, -0.15) is 5.21 Å². The van der Waals surface area contributed by atoms with Gasteiger partial charge in [-0.1, -0.05) is 36.4 Å². The number of nitrogens with zero attached hydrogens (tertiary/aromatic N) is 4. The molecule has 0 aliphatic rings. The van der Waals surface area contributed by atoms with Crippen molar-refractivity contribution in [2.45, 2.75) is 0 Å². The van der Waals surface area contributed by atoms with Gasteiger partial charge in [0.15, 0.2) is 0 Å². The second-order valence-corrected chi connectivity index (χ2v) is 6.86. The lowest BCUT2D eigenvalue weighted by molar-refractivity contribution is -0.112. The minimum atomic E-state index is -0.714. The number of hydrogen-bond donors (Lipinski definition) is 2. The summed E-state index contributed by atoms with van der Waals surface area (Å²) in [7, 11) is 0. The molecule has 31 heavy (non-hydrogen) atoms. The zero-order valence-corrected chi connectivity index (χ0v) is 16.2. The van der Waals surface area contributed by atoms with Gasteiger partial charge in [0.25, 0.3) is 11.7 Å². The highest BCUT2D eigenvalue weighted by Gasteiger charge is 2.24. The van der Waals surface area contributed by atoms with E-state index in [1.54, 1.807) is 34.9 Å². The molecule has 3 heterocycles. The summed E-state index contributed by atoms with van der Waals surface area (Å²) in [5.41, 5.74) is 3.96. The average Bonchev–Trinajstić information content (AvgIpc) is 3.48. The molecular formula is C23H16N6O2. The molecule has 0 saturated heterocycles. The molecule has 0 spiro atoms. The van der Waals surface area contributed by atoms with E-state index in [1.807, 2.05) is 54.6 Å². The van der Waals surface area contributed by atoms with Gasteiger partial charge in [-0.05, 0) is 53.2 Å². The van der Waals surface area contributed by atoms with Gasteiger partial charge in [-0.15, -0.1) is 10.2 Å². The van der Waals surface area contributed by atoms with Crippen molar-refractivity contribution >= 4 is 22.9 Å². The molecule has 8 heteroatoms. The van der Waals surface area contributed by atoms with Crippen LogP contribution in [0, 0.1) is 0 Å². The summed E-state index contributed by atoms with van der Waals surface area (Å²) >= 11 is 0. The minimum absolute atomic E-state index is 0.322. The van der Waals surface area contributed by atoms with E-state index in [2.05, 4.69) is 25.9 Å². The third kappa shape index (κ3) is 3.46. The van der Waals surface area contributed by atoms with E-state index in [0.29, 0.717) is 22.8 Å². The number of H-pyrrole nitrogens is 1. The molecule has 0 bridgehead atoms. The van der Waals surface area contributed by atoms with E-state index >= 15 is 0 Å². The summed E-state index contributed by atoms with van der Waals surface area (Å²) in [6.45, 7) is 0. The number of nitrogens with one attached hydrogen (secondary N) is 2. The molecule has 0 fully saturated rings. The van der Waals surface area contributed by atoms with Crippen LogP contribution in [0.5, 0.6) is 0 Å². The molecule has 0 unspecified atom stereocenters. The number of carbonyl (C=O) groups excluding carboxylic acids is 2. The molecule has 3 aromatic heterocycles. The van der Waals surface area contributed by atoms with Crippen molar-refractivity contribution in [2.75, 3.05) is 5.32 Å². The lowest BCUT2D eigenvalue weighted by Gasteiger charge is -2.08. The van der Waals surface area contributed by atoms with Crippen molar-refractivity contribution in [1.29, 1.82) is 0 Å². The number of tetrazole rings is 1. The van der Waals surface area contributed by atoms with Gasteiger partial charge in [0.1, 0.15) is 5.69 Å². The Morgan fingerprint density at radius 2 is 1.65 bits per heavy atom. The van der Waals surface area contributed by atoms with Gasteiger partial charge >= 0.3 is 0 Å². The Morgan fingerprint density at radius 3 is 2.39 bits per heavy atom. The van der Waals surface area contributed by atoms with Gasteiger partial charge < -0.3 is 9.72 Å². The maximum atomic E-state index is 13.2. The summed E-state index contributed by atoms with van der Waals surface area (Å²) in [5, 5.41) is 16.4. The Hall–Kier alpha value is -4.59. The van der Waals surface area contributed by atoms with Crippen LogP contribution in [0.25, 0.3) is 28.0 Å². The van der Waals surface area contributed by atoms with E-state index < -0.39 is 11.7 Å². The van der Waals surface area contributed by atoms with E-state index in [1.165, 1.54) is 0 Å². The lowest BCUT2D eigenvalue weighted by Crippen LogP contribution is -2.24. The number of hydrogen-bond acceptors (Lipinski definition) is 5. The van der Waals surface area contributed by atoms with Crippen molar-refractivity contribution in [3.63, 3.8) is 0 Å². The average molecular weight is 408 g/mol. The Morgan fingerprint density at radius 1 is 0.871 bits per heavy atom. The summed E-state index contributed by atoms with van der Waals surface area (Å²) in [6, 6.07) is 23.9. The molecular weight excluding hydrogens is 392 g/mol. The zero-order valence-electron chi connectivity index (χ0n) is 16.2. The maximum Gasteiger partial charge on any atom is 0.298 e. The van der Waals surface area contributed by atoms with Crippen LogP contribution in [0.15, 0.2) is 85.1 Å². The highest BCUT2D eigenvalue weighted by molar-refractivity contribution is 6.47.